The third kappa shape index (κ3) is 3.49. The second-order valence-corrected chi connectivity index (χ2v) is 5.17. The number of carbonyl (C=O) groups is 1. The van der Waals surface area contributed by atoms with E-state index < -0.39 is 0 Å². The number of carbonyl (C=O) groups excluding carboxylic acids is 1. The summed E-state index contributed by atoms with van der Waals surface area (Å²) in [4.78, 5) is 12.0. The maximum absolute atomic E-state index is 12.0. The van der Waals surface area contributed by atoms with Crippen molar-refractivity contribution >= 4 is 5.91 Å². The van der Waals surface area contributed by atoms with Crippen LogP contribution in [0.25, 0.3) is 0 Å². The molecule has 0 saturated heterocycles. The number of amides is 1. The summed E-state index contributed by atoms with van der Waals surface area (Å²) >= 11 is 0. The Balaban J connectivity index is 2.37. The summed E-state index contributed by atoms with van der Waals surface area (Å²) in [7, 11) is 0. The van der Waals surface area contributed by atoms with E-state index in [0.29, 0.717) is 19.0 Å². The monoisotopic (exact) mass is 212 g/mol. The van der Waals surface area contributed by atoms with Crippen molar-refractivity contribution in [2.75, 3.05) is 13.1 Å². The highest BCUT2D eigenvalue weighted by Gasteiger charge is 2.34. The zero-order valence-corrected chi connectivity index (χ0v) is 10.0. The van der Waals surface area contributed by atoms with Gasteiger partial charge in [-0.05, 0) is 25.3 Å². The van der Waals surface area contributed by atoms with E-state index in [2.05, 4.69) is 19.2 Å². The highest BCUT2D eigenvalue weighted by Crippen LogP contribution is 2.35. The minimum atomic E-state index is -0.118. The largest absolute Gasteiger partial charge is 0.355 e. The Labute approximate surface area is 92.8 Å². The van der Waals surface area contributed by atoms with Gasteiger partial charge in [-0.15, -0.1) is 0 Å². The van der Waals surface area contributed by atoms with Crippen LogP contribution in [0.15, 0.2) is 0 Å². The quantitative estimate of drug-likeness (QED) is 0.744. The van der Waals surface area contributed by atoms with Crippen molar-refractivity contribution in [3.63, 3.8) is 0 Å². The Morgan fingerprint density at radius 1 is 1.40 bits per heavy atom. The van der Waals surface area contributed by atoms with Gasteiger partial charge in [-0.25, -0.2) is 0 Å². The molecule has 0 aromatic heterocycles. The van der Waals surface area contributed by atoms with Crippen molar-refractivity contribution < 1.29 is 4.79 Å². The molecule has 0 aromatic carbocycles. The van der Waals surface area contributed by atoms with E-state index in [4.69, 9.17) is 5.73 Å². The number of nitrogens with two attached hydrogens (primary N) is 1. The van der Waals surface area contributed by atoms with Gasteiger partial charge in [-0.3, -0.25) is 4.79 Å². The van der Waals surface area contributed by atoms with E-state index in [1.807, 2.05) is 0 Å². The lowest BCUT2D eigenvalue weighted by molar-refractivity contribution is -0.132. The fraction of sp³-hybridized carbons (Fsp3) is 0.917. The summed E-state index contributed by atoms with van der Waals surface area (Å²) in [5, 5.41) is 3.02. The molecule has 0 heterocycles. The summed E-state index contributed by atoms with van der Waals surface area (Å²) in [6.45, 7) is 5.50. The Kier molecular flexibility index (Phi) is 4.58. The highest BCUT2D eigenvalue weighted by molar-refractivity contribution is 5.82. The van der Waals surface area contributed by atoms with Crippen LogP contribution >= 0.6 is 0 Å². The van der Waals surface area contributed by atoms with Crippen molar-refractivity contribution in [3.8, 4) is 0 Å². The molecule has 1 rings (SSSR count). The summed E-state index contributed by atoms with van der Waals surface area (Å²) < 4.78 is 0. The Morgan fingerprint density at radius 2 is 2.00 bits per heavy atom. The van der Waals surface area contributed by atoms with Crippen molar-refractivity contribution in [3.05, 3.63) is 0 Å². The van der Waals surface area contributed by atoms with E-state index in [9.17, 15) is 4.79 Å². The topological polar surface area (TPSA) is 55.1 Å². The zero-order chi connectivity index (χ0) is 11.3. The van der Waals surface area contributed by atoms with Gasteiger partial charge in [-0.1, -0.05) is 33.1 Å². The second kappa shape index (κ2) is 5.50. The molecule has 0 aromatic rings. The first-order chi connectivity index (χ1) is 7.08. The molecule has 1 aliphatic carbocycles. The van der Waals surface area contributed by atoms with Crippen LogP contribution < -0.4 is 11.1 Å². The molecule has 1 fully saturated rings. The van der Waals surface area contributed by atoms with Gasteiger partial charge in [0.05, 0.1) is 0 Å². The molecule has 0 radical (unpaired) electrons. The lowest BCUT2D eigenvalue weighted by atomic mass is 9.75. The van der Waals surface area contributed by atoms with Crippen LogP contribution in [-0.2, 0) is 4.79 Å². The predicted molar refractivity (Wildman–Crippen MR) is 62.4 cm³/mol. The highest BCUT2D eigenvalue weighted by atomic mass is 16.2. The van der Waals surface area contributed by atoms with E-state index in [1.54, 1.807) is 0 Å². The Bertz CT molecular complexity index is 210. The zero-order valence-electron chi connectivity index (χ0n) is 10.0. The van der Waals surface area contributed by atoms with Gasteiger partial charge in [0.15, 0.2) is 0 Å². The predicted octanol–water partition coefficient (Wildman–Crippen LogP) is 1.67. The van der Waals surface area contributed by atoms with Crippen molar-refractivity contribution in [1.29, 1.82) is 0 Å². The van der Waals surface area contributed by atoms with Crippen LogP contribution in [0.1, 0.15) is 46.0 Å². The second-order valence-electron chi connectivity index (χ2n) is 5.17. The normalized spacial score (nSPS) is 22.1. The van der Waals surface area contributed by atoms with Crippen LogP contribution in [0.3, 0.4) is 0 Å². The molecule has 3 N–H and O–H groups in total. The smallest absolute Gasteiger partial charge is 0.225 e. The molecular weight excluding hydrogens is 188 g/mol. The first-order valence-corrected chi connectivity index (χ1v) is 6.07. The van der Waals surface area contributed by atoms with Gasteiger partial charge >= 0.3 is 0 Å². The summed E-state index contributed by atoms with van der Waals surface area (Å²) in [6, 6.07) is 0. The molecule has 3 heteroatoms. The Morgan fingerprint density at radius 3 is 2.53 bits per heavy atom. The van der Waals surface area contributed by atoms with Gasteiger partial charge in [-0.2, -0.15) is 0 Å². The molecule has 0 aliphatic heterocycles. The summed E-state index contributed by atoms with van der Waals surface area (Å²) in [6.07, 6.45) is 5.74. The Hall–Kier alpha value is -0.570. The van der Waals surface area contributed by atoms with Gasteiger partial charge in [0.1, 0.15) is 0 Å². The number of hydrogen-bond donors (Lipinski definition) is 2. The van der Waals surface area contributed by atoms with Crippen LogP contribution in [-0.4, -0.2) is 19.0 Å². The van der Waals surface area contributed by atoms with E-state index >= 15 is 0 Å². The standard InChI is InChI=1S/C12H24N2O/c1-10(8-13)9-14-11(15)12(2)6-4-3-5-7-12/h10H,3-9,13H2,1-2H3,(H,14,15). The van der Waals surface area contributed by atoms with Crippen molar-refractivity contribution in [2.24, 2.45) is 17.1 Å². The van der Waals surface area contributed by atoms with Crippen molar-refractivity contribution in [2.45, 2.75) is 46.0 Å². The molecule has 3 nitrogen and oxygen atoms in total. The van der Waals surface area contributed by atoms with Gasteiger partial charge in [0.25, 0.3) is 0 Å². The molecule has 1 aliphatic rings. The maximum atomic E-state index is 12.0. The number of rotatable bonds is 4. The van der Waals surface area contributed by atoms with E-state index in [0.717, 1.165) is 12.8 Å². The number of nitrogens with one attached hydrogen (secondary N) is 1. The third-order valence-corrected chi connectivity index (χ3v) is 3.52. The molecule has 1 atom stereocenters. The molecule has 0 spiro atoms. The molecule has 1 unspecified atom stereocenters. The average Bonchev–Trinajstić information content (AvgIpc) is 2.26. The SMILES string of the molecule is CC(CN)CNC(=O)C1(C)CCCCC1. The lowest BCUT2D eigenvalue weighted by Crippen LogP contribution is -2.42. The first-order valence-electron chi connectivity index (χ1n) is 6.07. The maximum Gasteiger partial charge on any atom is 0.225 e. The molecule has 15 heavy (non-hydrogen) atoms. The van der Waals surface area contributed by atoms with Gasteiger partial charge in [0.2, 0.25) is 5.91 Å². The average molecular weight is 212 g/mol. The van der Waals surface area contributed by atoms with E-state index in [-0.39, 0.29) is 11.3 Å². The fourth-order valence-corrected chi connectivity index (χ4v) is 2.12. The van der Waals surface area contributed by atoms with Crippen molar-refractivity contribution in [1.82, 2.24) is 5.32 Å². The summed E-state index contributed by atoms with van der Waals surface area (Å²) in [5.74, 6) is 0.601. The first kappa shape index (κ1) is 12.5. The summed E-state index contributed by atoms with van der Waals surface area (Å²) in [5.41, 5.74) is 5.40. The van der Waals surface area contributed by atoms with Gasteiger partial charge in [0, 0.05) is 12.0 Å². The van der Waals surface area contributed by atoms with Gasteiger partial charge < -0.3 is 11.1 Å². The number of hydrogen-bond acceptors (Lipinski definition) is 2. The third-order valence-electron chi connectivity index (χ3n) is 3.52. The molecule has 1 amide bonds. The minimum absolute atomic E-state index is 0.118. The molecule has 0 bridgehead atoms. The molecular formula is C12H24N2O. The van der Waals surface area contributed by atoms with Crippen LogP contribution in [0.5, 0.6) is 0 Å². The van der Waals surface area contributed by atoms with Crippen LogP contribution in [0.2, 0.25) is 0 Å². The fourth-order valence-electron chi connectivity index (χ4n) is 2.12. The van der Waals surface area contributed by atoms with E-state index in [1.165, 1.54) is 19.3 Å². The van der Waals surface area contributed by atoms with Crippen LogP contribution in [0.4, 0.5) is 0 Å². The molecule has 88 valence electrons. The molecule has 1 saturated carbocycles. The lowest BCUT2D eigenvalue weighted by Gasteiger charge is -2.32. The van der Waals surface area contributed by atoms with Crippen LogP contribution in [0, 0.1) is 11.3 Å². The minimum Gasteiger partial charge on any atom is -0.355 e.